The molecule has 4 rings (SSSR count). The van der Waals surface area contributed by atoms with Crippen LogP contribution in [0.2, 0.25) is 0 Å². The van der Waals surface area contributed by atoms with Crippen molar-refractivity contribution in [3.8, 4) is 0 Å². The number of benzene rings is 2. The second kappa shape index (κ2) is 11.0. The number of hydrogen-bond acceptors (Lipinski definition) is 7. The van der Waals surface area contributed by atoms with E-state index in [1.807, 2.05) is 43.3 Å². The molecule has 2 aromatic rings. The second-order valence-electron chi connectivity index (χ2n) is 10.9. The van der Waals surface area contributed by atoms with Crippen molar-refractivity contribution in [2.24, 2.45) is 5.41 Å². The summed E-state index contributed by atoms with van der Waals surface area (Å²) in [5.41, 5.74) is 3.95. The van der Waals surface area contributed by atoms with Crippen LogP contribution in [0.15, 0.2) is 47.4 Å². The van der Waals surface area contributed by atoms with Crippen LogP contribution in [0.5, 0.6) is 0 Å². The van der Waals surface area contributed by atoms with Crippen molar-refractivity contribution in [3.05, 3.63) is 48.0 Å². The average molecular weight is 515 g/mol. The van der Waals surface area contributed by atoms with Crippen LogP contribution >= 0.6 is 23.9 Å². The van der Waals surface area contributed by atoms with Gasteiger partial charge in [-0.1, -0.05) is 6.07 Å². The molecule has 8 heteroatoms. The van der Waals surface area contributed by atoms with Gasteiger partial charge in [0.1, 0.15) is 0 Å². The Hall–Kier alpha value is -1.87. The molecule has 2 aliphatic rings. The number of carbonyl (C=O) groups is 1. The summed E-state index contributed by atoms with van der Waals surface area (Å²) in [6, 6.07) is 13.9. The third-order valence-electron chi connectivity index (χ3n) is 6.57. The van der Waals surface area contributed by atoms with Crippen molar-refractivity contribution in [2.75, 3.05) is 34.6 Å². The number of piperidine rings is 1. The molecule has 1 saturated carbocycles. The summed E-state index contributed by atoms with van der Waals surface area (Å²) in [7, 11) is 0. The summed E-state index contributed by atoms with van der Waals surface area (Å²) >= 11 is 3.06. The number of nitrogens with zero attached hydrogens (tertiary/aromatic N) is 1. The Morgan fingerprint density at radius 2 is 1.83 bits per heavy atom. The molecule has 6 nitrogen and oxygen atoms in total. The molecule has 1 unspecified atom stereocenters. The maximum atomic E-state index is 13.5. The Morgan fingerprint density at radius 1 is 1.09 bits per heavy atom. The number of nitrogens with one attached hydrogen (secondary N) is 3. The number of aliphatic hydroxyl groups is 1. The minimum absolute atomic E-state index is 0.00462. The molecule has 4 N–H and O–H groups in total. The van der Waals surface area contributed by atoms with Crippen molar-refractivity contribution in [3.63, 3.8) is 0 Å². The lowest BCUT2D eigenvalue weighted by molar-refractivity contribution is 0.102. The van der Waals surface area contributed by atoms with E-state index < -0.39 is 0 Å². The van der Waals surface area contributed by atoms with E-state index in [4.69, 9.17) is 0 Å². The van der Waals surface area contributed by atoms with Gasteiger partial charge in [0.2, 0.25) is 0 Å². The molecular formula is C27H38N4O2S2. The second-order valence-corrected chi connectivity index (χ2v) is 13.0. The molecule has 1 saturated heterocycles. The molecule has 35 heavy (non-hydrogen) atoms. The summed E-state index contributed by atoms with van der Waals surface area (Å²) in [5.74, 6) is -0.0967. The molecule has 190 valence electrons. The highest BCUT2D eigenvalue weighted by Crippen LogP contribution is 2.54. The Morgan fingerprint density at radius 3 is 2.49 bits per heavy atom. The van der Waals surface area contributed by atoms with Crippen LogP contribution < -0.4 is 19.7 Å². The Balaban J connectivity index is 1.51. The predicted molar refractivity (Wildman–Crippen MR) is 150 cm³/mol. The van der Waals surface area contributed by atoms with Crippen molar-refractivity contribution in [1.29, 1.82) is 0 Å². The fourth-order valence-electron chi connectivity index (χ4n) is 4.20. The molecule has 1 spiro atoms. The van der Waals surface area contributed by atoms with Gasteiger partial charge in [-0.2, -0.15) is 0 Å². The minimum Gasteiger partial charge on any atom is -0.395 e. The monoisotopic (exact) mass is 514 g/mol. The summed E-state index contributed by atoms with van der Waals surface area (Å²) in [6.07, 6.45) is 5.10. The van der Waals surface area contributed by atoms with E-state index >= 15 is 0 Å². The lowest BCUT2D eigenvalue weighted by Gasteiger charge is -2.35. The van der Waals surface area contributed by atoms with E-state index in [0.29, 0.717) is 11.0 Å². The average Bonchev–Trinajstić information content (AvgIpc) is 3.60. The van der Waals surface area contributed by atoms with E-state index in [1.165, 1.54) is 37.6 Å². The van der Waals surface area contributed by atoms with Crippen molar-refractivity contribution < 1.29 is 9.90 Å². The van der Waals surface area contributed by atoms with E-state index in [2.05, 4.69) is 46.5 Å². The van der Waals surface area contributed by atoms with Crippen molar-refractivity contribution in [1.82, 2.24) is 4.72 Å². The first-order valence-electron chi connectivity index (χ1n) is 12.4. The standard InChI is InChI=1S/C27H38N4O2S2/c1-19(18-32)34-29-21-8-9-23(24(17-21)31-14-12-27(10-11-27)13-15-31)25(33)28-20-6-5-7-22(16-20)35-30-26(2,3)4/h5-9,16-17,19,29-30,32H,10-15,18H2,1-4H3,(H,28,33). The Labute approximate surface area is 218 Å². The molecule has 1 amide bonds. The van der Waals surface area contributed by atoms with E-state index in [0.717, 1.165) is 35.0 Å². The Bertz CT molecular complexity index is 1030. The number of aliphatic hydroxyl groups excluding tert-OH is 1. The van der Waals surface area contributed by atoms with E-state index in [9.17, 15) is 9.90 Å². The maximum absolute atomic E-state index is 13.5. The Kier molecular flexibility index (Phi) is 8.26. The van der Waals surface area contributed by atoms with Crippen LogP contribution in [-0.2, 0) is 0 Å². The van der Waals surface area contributed by atoms with Gasteiger partial charge in [-0.05, 0) is 119 Å². The fraction of sp³-hybridized carbons (Fsp3) is 0.519. The molecule has 0 aromatic heterocycles. The number of anilines is 3. The molecule has 1 aliphatic heterocycles. The normalized spacial score (nSPS) is 17.8. The SMILES string of the molecule is CC(CO)SNc1ccc(C(=O)Nc2cccc(SNC(C)(C)C)c2)c(N2CCC3(CC2)CC3)c1. The van der Waals surface area contributed by atoms with Crippen molar-refractivity contribution >= 4 is 46.9 Å². The lowest BCUT2D eigenvalue weighted by Crippen LogP contribution is -2.35. The predicted octanol–water partition coefficient (Wildman–Crippen LogP) is 6.16. The van der Waals surface area contributed by atoms with Gasteiger partial charge in [-0.3, -0.25) is 9.52 Å². The summed E-state index contributed by atoms with van der Waals surface area (Å²) in [6.45, 7) is 10.4. The highest BCUT2D eigenvalue weighted by molar-refractivity contribution is 8.01. The van der Waals surface area contributed by atoms with Crippen molar-refractivity contribution in [2.45, 2.75) is 69.1 Å². The molecule has 1 atom stereocenters. The summed E-state index contributed by atoms with van der Waals surface area (Å²) < 4.78 is 6.76. The quantitative estimate of drug-likeness (QED) is 0.299. The van der Waals surface area contributed by atoms with Crippen LogP contribution in [0.4, 0.5) is 17.1 Å². The minimum atomic E-state index is -0.0967. The molecule has 0 radical (unpaired) electrons. The van der Waals surface area contributed by atoms with Crippen LogP contribution in [0, 0.1) is 5.41 Å². The van der Waals surface area contributed by atoms with Crippen LogP contribution in [-0.4, -0.2) is 41.5 Å². The first-order valence-corrected chi connectivity index (χ1v) is 14.1. The van der Waals surface area contributed by atoms with Gasteiger partial charge in [-0.15, -0.1) is 0 Å². The van der Waals surface area contributed by atoms with Gasteiger partial charge in [-0.25, -0.2) is 0 Å². The topological polar surface area (TPSA) is 76.6 Å². The number of amides is 1. The maximum Gasteiger partial charge on any atom is 0.257 e. The van der Waals surface area contributed by atoms with E-state index in [1.54, 1.807) is 11.9 Å². The lowest BCUT2D eigenvalue weighted by atomic mass is 9.93. The van der Waals surface area contributed by atoms with Gasteiger partial charge in [0.05, 0.1) is 17.9 Å². The highest BCUT2D eigenvalue weighted by atomic mass is 32.2. The van der Waals surface area contributed by atoms with Gasteiger partial charge in [0, 0.05) is 40.1 Å². The molecule has 1 aliphatic carbocycles. The number of hydrogen-bond donors (Lipinski definition) is 4. The number of rotatable bonds is 9. The summed E-state index contributed by atoms with van der Waals surface area (Å²) in [4.78, 5) is 16.9. The zero-order chi connectivity index (χ0) is 25.1. The zero-order valence-corrected chi connectivity index (χ0v) is 22.8. The first kappa shape index (κ1) is 26.2. The molecular weight excluding hydrogens is 476 g/mol. The molecule has 0 bridgehead atoms. The largest absolute Gasteiger partial charge is 0.395 e. The molecule has 1 heterocycles. The zero-order valence-electron chi connectivity index (χ0n) is 21.2. The third kappa shape index (κ3) is 7.32. The van der Waals surface area contributed by atoms with Gasteiger partial charge >= 0.3 is 0 Å². The number of carbonyl (C=O) groups excluding carboxylic acids is 1. The first-order chi connectivity index (χ1) is 16.7. The van der Waals surface area contributed by atoms with E-state index in [-0.39, 0.29) is 23.3 Å². The fourth-order valence-corrected chi connectivity index (χ4v) is 5.50. The smallest absolute Gasteiger partial charge is 0.257 e. The summed E-state index contributed by atoms with van der Waals surface area (Å²) in [5, 5.41) is 12.6. The van der Waals surface area contributed by atoms with Crippen LogP contribution in [0.1, 0.15) is 63.7 Å². The van der Waals surface area contributed by atoms with Crippen LogP contribution in [0.3, 0.4) is 0 Å². The van der Waals surface area contributed by atoms with Crippen LogP contribution in [0.25, 0.3) is 0 Å². The van der Waals surface area contributed by atoms with Gasteiger partial charge in [0.15, 0.2) is 0 Å². The molecule has 2 fully saturated rings. The van der Waals surface area contributed by atoms with Gasteiger partial charge < -0.3 is 20.0 Å². The van der Waals surface area contributed by atoms with Gasteiger partial charge in [0.25, 0.3) is 5.91 Å². The third-order valence-corrected chi connectivity index (χ3v) is 8.68. The highest BCUT2D eigenvalue weighted by Gasteiger charge is 2.44. The molecule has 2 aromatic carbocycles.